The smallest absolute Gasteiger partial charge is 0.246 e. The molecule has 3 aromatic carbocycles. The molecule has 16 N–H and O–H groups in total. The molecule has 4 rings (SSSR count). The van der Waals surface area contributed by atoms with Crippen molar-refractivity contribution in [3.63, 3.8) is 0 Å². The van der Waals surface area contributed by atoms with E-state index in [-0.39, 0.29) is 126 Å². The number of methoxy groups -OCH3 is 1. The van der Waals surface area contributed by atoms with Crippen molar-refractivity contribution < 1.29 is 62.5 Å². The van der Waals surface area contributed by atoms with Crippen LogP contribution in [-0.4, -0.2) is 212 Å². The number of phenols is 1. The summed E-state index contributed by atoms with van der Waals surface area (Å²) in [6, 6.07) is 17.1. The molecule has 1 fully saturated rings. The van der Waals surface area contributed by atoms with Crippen LogP contribution in [0.15, 0.2) is 94.9 Å². The van der Waals surface area contributed by atoms with Crippen molar-refractivity contribution in [1.29, 1.82) is 0 Å². The number of nitrogens with one attached hydrogen (secondary N) is 3. The highest BCUT2D eigenvalue weighted by Crippen LogP contribution is 2.28. The van der Waals surface area contributed by atoms with Gasteiger partial charge in [0, 0.05) is 92.1 Å². The summed E-state index contributed by atoms with van der Waals surface area (Å²) in [7, 11) is 6.14. The number of ether oxygens (including phenoxy) is 2. The largest absolute Gasteiger partial charge is 0.508 e. The summed E-state index contributed by atoms with van der Waals surface area (Å²) in [6.45, 7) is 6.41. The third-order valence-corrected chi connectivity index (χ3v) is 16.8. The number of primary amides is 2. The summed E-state index contributed by atoms with van der Waals surface area (Å²) < 4.78 is 10.6. The predicted molar refractivity (Wildman–Crippen MR) is 364 cm³/mol. The molecule has 1 saturated heterocycles. The zero-order valence-electron chi connectivity index (χ0n) is 56.5. The first-order valence-corrected chi connectivity index (χ1v) is 32.8. The molecule has 28 nitrogen and oxygen atoms in total. The standard InChI is InChI=1S/C68H103N15O13/c1-44(2)37-55(82(5)65(93)49(39-46-19-11-8-12-20-46)42-58(86)56(40-47-24-26-50(84)27-25-47)80(3)60(88)28-32-75-29-16-34-96-36-35-95-6)57(85)41-48(38-45-17-9-7-10-18-45)64(92)81(4)54(22-14-31-77-68(73)74)66(94)83-33-15-23-53(83)63(91)78-51(21-13-30-76-67(71)72)62(90)79-52(61(70)89)43-59(69)87/h7-12,17-20,24-27,44,48-49,51-56,75,84H,13-16,21-23,28-43H2,1-6H3,(H2,69,87)(H2,70,89)(H,78,91)(H,79,90)(H4,71,72,76)(H4,73,74,77)/t48-,49-,51+,52+,53+,54+,55+,56+/m1/s1. The Balaban J connectivity index is 1.69. The van der Waals surface area contributed by atoms with Crippen LogP contribution in [0.5, 0.6) is 5.75 Å². The van der Waals surface area contributed by atoms with Gasteiger partial charge in [-0.3, -0.25) is 57.9 Å². The topological polar surface area (TPSA) is 439 Å². The number of phenolic OH excluding ortho intramolecular Hbond substituents is 1. The molecule has 0 saturated carbocycles. The van der Waals surface area contributed by atoms with Crippen molar-refractivity contribution in [3.8, 4) is 5.75 Å². The Morgan fingerprint density at radius 2 is 1.16 bits per heavy atom. The van der Waals surface area contributed by atoms with Crippen molar-refractivity contribution in [1.82, 2.24) is 35.6 Å². The Kier molecular flexibility index (Phi) is 34.5. The lowest BCUT2D eigenvalue weighted by Gasteiger charge is -2.36. The van der Waals surface area contributed by atoms with Gasteiger partial charge in [-0.2, -0.15) is 0 Å². The average Bonchev–Trinajstić information content (AvgIpc) is 1.40. The zero-order chi connectivity index (χ0) is 70.9. The summed E-state index contributed by atoms with van der Waals surface area (Å²) in [5, 5.41) is 18.5. The number of likely N-dealkylation sites (tertiary alicyclic amines) is 1. The van der Waals surface area contributed by atoms with E-state index in [1.165, 1.54) is 45.8 Å². The molecule has 3 aromatic rings. The number of hydrogen-bond acceptors (Lipinski definition) is 16. The van der Waals surface area contributed by atoms with Crippen LogP contribution < -0.4 is 50.4 Å². The normalized spacial score (nSPS) is 14.9. The fourth-order valence-corrected chi connectivity index (χ4v) is 11.6. The lowest BCUT2D eigenvalue weighted by molar-refractivity contribution is -0.150. The van der Waals surface area contributed by atoms with Crippen LogP contribution in [0.2, 0.25) is 0 Å². The molecule has 0 spiro atoms. The Bertz CT molecular complexity index is 3060. The molecular formula is C68H103N15O13. The van der Waals surface area contributed by atoms with Crippen LogP contribution >= 0.6 is 0 Å². The number of likely N-dealkylation sites (N-methyl/N-ethyl adjacent to an activating group) is 3. The van der Waals surface area contributed by atoms with E-state index in [4.69, 9.17) is 43.9 Å². The third kappa shape index (κ3) is 27.4. The molecule has 0 bridgehead atoms. The lowest BCUT2D eigenvalue weighted by atomic mass is 9.86. The monoisotopic (exact) mass is 1340 g/mol. The van der Waals surface area contributed by atoms with Crippen molar-refractivity contribution in [2.24, 2.45) is 62.1 Å². The first-order chi connectivity index (χ1) is 45.7. The number of ketones is 2. The second kappa shape index (κ2) is 41.7. The van der Waals surface area contributed by atoms with E-state index in [9.17, 15) is 29.1 Å². The second-order valence-corrected chi connectivity index (χ2v) is 24.8. The Labute approximate surface area is 563 Å². The number of nitrogens with zero attached hydrogens (tertiary/aromatic N) is 6. The van der Waals surface area contributed by atoms with Crippen LogP contribution in [0.4, 0.5) is 0 Å². The number of nitrogens with two attached hydrogens (primary N) is 6. The minimum absolute atomic E-state index is 0.00288. The van der Waals surface area contributed by atoms with Gasteiger partial charge in [-0.1, -0.05) is 86.6 Å². The van der Waals surface area contributed by atoms with Gasteiger partial charge in [0.15, 0.2) is 23.5 Å². The highest BCUT2D eigenvalue weighted by atomic mass is 16.5. The van der Waals surface area contributed by atoms with Gasteiger partial charge >= 0.3 is 0 Å². The lowest BCUT2D eigenvalue weighted by Crippen LogP contribution is -2.58. The summed E-state index contributed by atoms with van der Waals surface area (Å²) in [6.07, 6.45) is 0.661. The molecule has 8 atom stereocenters. The van der Waals surface area contributed by atoms with Gasteiger partial charge in [0.2, 0.25) is 47.3 Å². The first kappa shape index (κ1) is 79.4. The van der Waals surface area contributed by atoms with Gasteiger partial charge in [0.25, 0.3) is 0 Å². The van der Waals surface area contributed by atoms with Crippen LogP contribution in [0.25, 0.3) is 0 Å². The fraction of sp³-hybridized carbons (Fsp3) is 0.559. The van der Waals surface area contributed by atoms with E-state index < -0.39 is 107 Å². The van der Waals surface area contributed by atoms with Gasteiger partial charge < -0.3 is 84.5 Å². The minimum atomic E-state index is -1.50. The van der Waals surface area contributed by atoms with Crippen LogP contribution in [-0.2, 0) is 76.7 Å². The highest BCUT2D eigenvalue weighted by Gasteiger charge is 2.43. The number of carbonyl (C=O) groups is 10. The molecule has 8 amide bonds. The maximum absolute atomic E-state index is 15.5. The number of benzene rings is 3. The van der Waals surface area contributed by atoms with Crippen LogP contribution in [0.1, 0.15) is 108 Å². The molecular weight excluding hydrogens is 1230 g/mol. The van der Waals surface area contributed by atoms with Crippen LogP contribution in [0, 0.1) is 17.8 Å². The molecule has 0 aliphatic carbocycles. The van der Waals surface area contributed by atoms with Crippen molar-refractivity contribution in [2.45, 2.75) is 146 Å². The van der Waals surface area contributed by atoms with Gasteiger partial charge in [0.05, 0.1) is 31.7 Å². The van der Waals surface area contributed by atoms with Crippen molar-refractivity contribution >= 4 is 70.7 Å². The van der Waals surface area contributed by atoms with Crippen molar-refractivity contribution in [2.75, 3.05) is 80.8 Å². The number of amides is 8. The van der Waals surface area contributed by atoms with Crippen LogP contribution in [0.3, 0.4) is 0 Å². The maximum atomic E-state index is 15.5. The first-order valence-electron chi connectivity index (χ1n) is 32.8. The molecule has 1 heterocycles. The van der Waals surface area contributed by atoms with E-state index in [0.29, 0.717) is 56.9 Å². The van der Waals surface area contributed by atoms with E-state index >= 15 is 24.0 Å². The van der Waals surface area contributed by atoms with E-state index in [2.05, 4.69) is 25.9 Å². The third-order valence-electron chi connectivity index (χ3n) is 16.8. The number of aromatic hydroxyl groups is 1. The van der Waals surface area contributed by atoms with Gasteiger partial charge in [-0.15, -0.1) is 0 Å². The summed E-state index contributed by atoms with van der Waals surface area (Å²) >= 11 is 0. The number of rotatable bonds is 45. The summed E-state index contributed by atoms with van der Waals surface area (Å²) in [5.74, 6) is -9.13. The maximum Gasteiger partial charge on any atom is 0.246 e. The number of aliphatic imine (C=N–C) groups is 2. The molecule has 0 unspecified atom stereocenters. The molecule has 528 valence electrons. The molecule has 28 heteroatoms. The Morgan fingerprint density at radius 1 is 0.615 bits per heavy atom. The minimum Gasteiger partial charge on any atom is -0.508 e. The summed E-state index contributed by atoms with van der Waals surface area (Å²) in [5.41, 5.74) is 35.3. The fourth-order valence-electron chi connectivity index (χ4n) is 11.6. The van der Waals surface area contributed by atoms with Gasteiger partial charge in [0.1, 0.15) is 29.9 Å². The highest BCUT2D eigenvalue weighted by molar-refractivity contribution is 5.98. The molecule has 96 heavy (non-hydrogen) atoms. The number of Topliss-reactive ketones (excluding diaryl/α,β-unsaturated/α-hetero) is 2. The Morgan fingerprint density at radius 3 is 1.69 bits per heavy atom. The van der Waals surface area contributed by atoms with Gasteiger partial charge in [-0.05, 0) is 112 Å². The summed E-state index contributed by atoms with van der Waals surface area (Å²) in [4.78, 5) is 156. The second-order valence-electron chi connectivity index (χ2n) is 24.8. The van der Waals surface area contributed by atoms with Crippen molar-refractivity contribution in [3.05, 3.63) is 102 Å². The SMILES string of the molecule is COCCOCCCNCCC(=O)N(C)[C@@H](Cc1ccc(O)cc1)C(=O)C[C@@H](Cc1ccccc1)C(=O)N(C)[C@@H](CC(C)C)C(=O)C[C@@H](Cc1ccccc1)C(=O)N(C)[C@@H](CCCN=C(N)N)C(=O)N1CCC[C@H]1C(=O)N[C@@H](CCCN=C(N)N)C(=O)N[C@@H](CC(N)=O)C(N)=O. The number of guanidine groups is 2. The molecule has 1 aliphatic rings. The van der Waals surface area contributed by atoms with E-state index in [1.54, 1.807) is 44.5 Å². The van der Waals surface area contributed by atoms with E-state index in [1.807, 2.05) is 56.3 Å². The Hall–Kier alpha value is -9.02. The quantitative estimate of drug-likeness (QED) is 0.0210. The van der Waals surface area contributed by atoms with Gasteiger partial charge in [-0.25, -0.2) is 0 Å². The zero-order valence-corrected chi connectivity index (χ0v) is 56.5. The average molecular weight is 1340 g/mol. The molecule has 0 aromatic heterocycles. The number of carbonyl (C=O) groups excluding carboxylic acids is 10. The molecule has 0 radical (unpaired) electrons. The predicted octanol–water partition coefficient (Wildman–Crippen LogP) is 0.559. The number of hydrogen-bond donors (Lipinski definition) is 10. The van der Waals surface area contributed by atoms with E-state index in [0.717, 1.165) is 5.56 Å². The molecule has 1 aliphatic heterocycles.